The lowest BCUT2D eigenvalue weighted by Crippen LogP contribution is -2.40. The smallest absolute Gasteiger partial charge is 0.127 e. The Balaban J connectivity index is 1.56. The van der Waals surface area contributed by atoms with Gasteiger partial charge in [0.25, 0.3) is 0 Å². The van der Waals surface area contributed by atoms with Crippen LogP contribution in [-0.2, 0) is 17.6 Å². The standard InChI is InChI=1S/C41H52NO2PS/c1-41(2,3)46(43)42(4)39(34-28-27-32-19-14-15-20-33(32)29-34)37-25-16-26-38(44-30-31-17-8-5-9-18-31)40(37)45(35-21-10-6-11-22-35)36-23-12-7-13-24-36/h5,8-9,14-20,25-29,35-36,39H,6-7,10-13,21-24,30H2,1-4H3/t39-,46?/m0/s1. The second-order valence-corrected chi connectivity index (χ2v) is 19.4. The van der Waals surface area contributed by atoms with Crippen molar-refractivity contribution < 1.29 is 8.95 Å². The molecule has 2 saturated carbocycles. The predicted octanol–water partition coefficient (Wildman–Crippen LogP) is 10.7. The van der Waals surface area contributed by atoms with Crippen LogP contribution in [0.3, 0.4) is 0 Å². The van der Waals surface area contributed by atoms with Crippen molar-refractivity contribution in [1.29, 1.82) is 0 Å². The molecular weight excluding hydrogens is 601 g/mol. The van der Waals surface area contributed by atoms with Gasteiger partial charge in [-0.1, -0.05) is 125 Å². The Morgan fingerprint density at radius 1 is 0.761 bits per heavy atom. The molecular formula is C41H52NO2PS. The zero-order valence-electron chi connectivity index (χ0n) is 28.3. The van der Waals surface area contributed by atoms with Crippen LogP contribution in [0.5, 0.6) is 5.75 Å². The van der Waals surface area contributed by atoms with Crippen LogP contribution in [0.4, 0.5) is 0 Å². The van der Waals surface area contributed by atoms with Crippen LogP contribution < -0.4 is 10.0 Å². The minimum atomic E-state index is -1.22. The van der Waals surface area contributed by atoms with E-state index in [-0.39, 0.29) is 10.8 Å². The van der Waals surface area contributed by atoms with Gasteiger partial charge in [0.05, 0.1) is 10.8 Å². The molecule has 5 heteroatoms. The first-order valence-electron chi connectivity index (χ1n) is 17.5. The summed E-state index contributed by atoms with van der Waals surface area (Å²) in [4.78, 5) is 0. The van der Waals surface area contributed by atoms with Crippen LogP contribution >= 0.6 is 7.92 Å². The van der Waals surface area contributed by atoms with Crippen molar-refractivity contribution in [2.24, 2.45) is 0 Å². The van der Waals surface area contributed by atoms with Crippen molar-refractivity contribution in [2.75, 3.05) is 7.05 Å². The molecule has 0 aromatic heterocycles. The fourth-order valence-corrected chi connectivity index (χ4v) is 13.1. The summed E-state index contributed by atoms with van der Waals surface area (Å²) in [5, 5.41) is 3.90. The number of benzene rings is 4. The zero-order valence-corrected chi connectivity index (χ0v) is 30.0. The predicted molar refractivity (Wildman–Crippen MR) is 199 cm³/mol. The van der Waals surface area contributed by atoms with Gasteiger partial charge in [0.15, 0.2) is 0 Å². The van der Waals surface area contributed by atoms with Crippen LogP contribution in [0, 0.1) is 0 Å². The van der Waals surface area contributed by atoms with E-state index in [9.17, 15) is 4.21 Å². The molecule has 0 saturated heterocycles. The number of ether oxygens (including phenoxy) is 1. The summed E-state index contributed by atoms with van der Waals surface area (Å²) < 4.78 is 23.0. The first-order valence-corrected chi connectivity index (χ1v) is 20.1. The normalized spacial score (nSPS) is 18.2. The van der Waals surface area contributed by atoms with Crippen LogP contribution in [-0.4, -0.2) is 31.6 Å². The van der Waals surface area contributed by atoms with Crippen molar-refractivity contribution in [3.63, 3.8) is 0 Å². The Morgan fingerprint density at radius 3 is 2.00 bits per heavy atom. The van der Waals surface area contributed by atoms with E-state index in [0.29, 0.717) is 17.9 Å². The van der Waals surface area contributed by atoms with E-state index >= 15 is 0 Å². The fourth-order valence-electron chi connectivity index (χ4n) is 7.76. The maximum absolute atomic E-state index is 14.3. The quantitative estimate of drug-likeness (QED) is 0.159. The summed E-state index contributed by atoms with van der Waals surface area (Å²) in [6.45, 7) is 6.83. The van der Waals surface area contributed by atoms with Crippen LogP contribution in [0.2, 0.25) is 0 Å². The third-order valence-corrected chi connectivity index (χ3v) is 15.4. The van der Waals surface area contributed by atoms with E-state index in [1.807, 2.05) is 0 Å². The average Bonchev–Trinajstić information content (AvgIpc) is 3.09. The van der Waals surface area contributed by atoms with Gasteiger partial charge in [0, 0.05) is 12.4 Å². The summed E-state index contributed by atoms with van der Waals surface area (Å²) in [6, 6.07) is 32.7. The summed E-state index contributed by atoms with van der Waals surface area (Å²) in [6.07, 6.45) is 13.3. The van der Waals surface area contributed by atoms with Gasteiger partial charge in [-0.3, -0.25) is 0 Å². The molecule has 0 spiro atoms. The maximum atomic E-state index is 14.3. The van der Waals surface area contributed by atoms with E-state index in [2.05, 4.69) is 123 Å². The van der Waals surface area contributed by atoms with E-state index in [1.54, 1.807) is 0 Å². The summed E-state index contributed by atoms with van der Waals surface area (Å²) in [5.41, 5.74) is 5.10. The van der Waals surface area contributed by atoms with Gasteiger partial charge in [0.1, 0.15) is 23.3 Å². The Hall–Kier alpha value is -2.52. The molecule has 4 aromatic rings. The molecule has 1 unspecified atom stereocenters. The number of nitrogens with zero attached hydrogens (tertiary/aromatic N) is 1. The molecule has 0 amide bonds. The zero-order chi connectivity index (χ0) is 32.1. The SMILES string of the molecule is CN([C@@H](c1ccc2ccccc2c1)c1cccc(OCc2ccccc2)c1P(C1CCCCC1)C1CCCCC1)S(=O)C(C)(C)C. The van der Waals surface area contributed by atoms with Gasteiger partial charge in [-0.25, -0.2) is 8.51 Å². The number of hydrogen-bond donors (Lipinski definition) is 0. The van der Waals surface area contributed by atoms with E-state index in [4.69, 9.17) is 4.74 Å². The molecule has 0 N–H and O–H groups in total. The lowest BCUT2D eigenvalue weighted by atomic mass is 9.96. The number of fused-ring (bicyclic) bond motifs is 1. The van der Waals surface area contributed by atoms with Gasteiger partial charge in [-0.05, 0) is 97.4 Å². The molecule has 0 heterocycles. The molecule has 4 aromatic carbocycles. The summed E-state index contributed by atoms with van der Waals surface area (Å²) in [7, 11) is 0.363. The molecule has 2 atom stereocenters. The molecule has 2 fully saturated rings. The van der Waals surface area contributed by atoms with Crippen molar-refractivity contribution in [2.45, 2.75) is 114 Å². The molecule has 0 radical (unpaired) electrons. The molecule has 2 aliphatic carbocycles. The molecule has 0 bridgehead atoms. The fraction of sp³-hybridized carbons (Fsp3) is 0.463. The molecule has 2 aliphatic rings. The van der Waals surface area contributed by atoms with Gasteiger partial charge in [-0.2, -0.15) is 0 Å². The van der Waals surface area contributed by atoms with Crippen LogP contribution in [0.1, 0.15) is 108 Å². The lowest BCUT2D eigenvalue weighted by molar-refractivity contribution is 0.308. The first-order chi connectivity index (χ1) is 22.3. The largest absolute Gasteiger partial charge is 0.488 e. The van der Waals surface area contributed by atoms with Gasteiger partial charge >= 0.3 is 0 Å². The van der Waals surface area contributed by atoms with E-state index < -0.39 is 18.9 Å². The topological polar surface area (TPSA) is 29.5 Å². The number of hydrogen-bond acceptors (Lipinski definition) is 2. The third kappa shape index (κ3) is 7.61. The van der Waals surface area contributed by atoms with Crippen molar-refractivity contribution in [3.8, 4) is 5.75 Å². The second-order valence-electron chi connectivity index (χ2n) is 14.4. The Bertz CT molecular complexity index is 1590. The minimum Gasteiger partial charge on any atom is -0.488 e. The Kier molecular flexibility index (Phi) is 11.0. The molecule has 3 nitrogen and oxygen atoms in total. The van der Waals surface area contributed by atoms with Gasteiger partial charge in [0.2, 0.25) is 0 Å². The first kappa shape index (κ1) is 33.4. The Morgan fingerprint density at radius 2 is 1.37 bits per heavy atom. The molecule has 244 valence electrons. The van der Waals surface area contributed by atoms with Crippen molar-refractivity contribution in [3.05, 3.63) is 108 Å². The molecule has 46 heavy (non-hydrogen) atoms. The van der Waals surface area contributed by atoms with Crippen molar-refractivity contribution >= 4 is 35.0 Å². The Labute approximate surface area is 281 Å². The molecule has 0 aliphatic heterocycles. The highest BCUT2D eigenvalue weighted by Crippen LogP contribution is 2.58. The third-order valence-electron chi connectivity index (χ3n) is 9.99. The number of rotatable bonds is 10. The monoisotopic (exact) mass is 653 g/mol. The van der Waals surface area contributed by atoms with E-state index in [1.165, 1.54) is 97.0 Å². The van der Waals surface area contributed by atoms with Crippen LogP contribution in [0.25, 0.3) is 10.8 Å². The van der Waals surface area contributed by atoms with Gasteiger partial charge in [-0.15, -0.1) is 0 Å². The maximum Gasteiger partial charge on any atom is 0.127 e. The van der Waals surface area contributed by atoms with Crippen molar-refractivity contribution in [1.82, 2.24) is 4.31 Å². The highest BCUT2D eigenvalue weighted by molar-refractivity contribution is 7.84. The second kappa shape index (κ2) is 15.1. The van der Waals surface area contributed by atoms with E-state index in [0.717, 1.165) is 5.75 Å². The molecule has 6 rings (SSSR count). The van der Waals surface area contributed by atoms with Gasteiger partial charge < -0.3 is 4.74 Å². The minimum absolute atomic E-state index is 0.155. The lowest BCUT2D eigenvalue weighted by Gasteiger charge is -2.42. The summed E-state index contributed by atoms with van der Waals surface area (Å²) in [5.74, 6) is 1.05. The highest BCUT2D eigenvalue weighted by atomic mass is 32.2. The summed E-state index contributed by atoms with van der Waals surface area (Å²) >= 11 is 0. The average molecular weight is 654 g/mol. The highest BCUT2D eigenvalue weighted by Gasteiger charge is 2.39. The van der Waals surface area contributed by atoms with Crippen LogP contribution in [0.15, 0.2) is 91.0 Å².